The molecule has 0 spiro atoms. The predicted molar refractivity (Wildman–Crippen MR) is 78.4 cm³/mol. The summed E-state index contributed by atoms with van der Waals surface area (Å²) >= 11 is 0. The Morgan fingerprint density at radius 2 is 2.11 bits per heavy atom. The SMILES string of the molecule is CCCNC(C)(CCCCN(C)CC1CC1)C(=O)O. The van der Waals surface area contributed by atoms with Gasteiger partial charge in [0.2, 0.25) is 0 Å². The van der Waals surface area contributed by atoms with Crippen molar-refractivity contribution in [2.24, 2.45) is 5.92 Å². The summed E-state index contributed by atoms with van der Waals surface area (Å²) in [7, 11) is 2.17. The summed E-state index contributed by atoms with van der Waals surface area (Å²) < 4.78 is 0. The van der Waals surface area contributed by atoms with E-state index in [2.05, 4.69) is 24.2 Å². The van der Waals surface area contributed by atoms with Crippen molar-refractivity contribution in [3.63, 3.8) is 0 Å². The summed E-state index contributed by atoms with van der Waals surface area (Å²) in [5, 5.41) is 12.5. The Morgan fingerprint density at radius 1 is 1.42 bits per heavy atom. The van der Waals surface area contributed by atoms with Crippen molar-refractivity contribution in [3.8, 4) is 0 Å². The van der Waals surface area contributed by atoms with Crippen molar-refractivity contribution in [2.45, 2.75) is 57.9 Å². The van der Waals surface area contributed by atoms with Crippen LogP contribution in [0.1, 0.15) is 52.4 Å². The summed E-state index contributed by atoms with van der Waals surface area (Å²) in [4.78, 5) is 13.7. The van der Waals surface area contributed by atoms with Crippen LogP contribution in [0, 0.1) is 5.92 Å². The molecule has 2 N–H and O–H groups in total. The second-order valence-electron chi connectivity index (χ2n) is 6.23. The van der Waals surface area contributed by atoms with E-state index < -0.39 is 11.5 Å². The normalized spacial score (nSPS) is 18.5. The number of carboxylic acid groups (broad SMARTS) is 1. The highest BCUT2D eigenvalue weighted by Gasteiger charge is 2.31. The lowest BCUT2D eigenvalue weighted by atomic mass is 9.94. The van der Waals surface area contributed by atoms with Crippen LogP contribution in [0.15, 0.2) is 0 Å². The number of hydrogen-bond donors (Lipinski definition) is 2. The van der Waals surface area contributed by atoms with Gasteiger partial charge in [-0.15, -0.1) is 0 Å². The third-order valence-electron chi connectivity index (χ3n) is 3.97. The molecule has 0 radical (unpaired) electrons. The van der Waals surface area contributed by atoms with Gasteiger partial charge >= 0.3 is 5.97 Å². The molecule has 0 aromatic rings. The summed E-state index contributed by atoms with van der Waals surface area (Å²) in [6.07, 6.45) is 6.51. The van der Waals surface area contributed by atoms with Crippen LogP contribution in [-0.4, -0.2) is 48.2 Å². The number of unbranched alkanes of at least 4 members (excludes halogenated alkanes) is 1. The molecule has 0 saturated heterocycles. The van der Waals surface area contributed by atoms with Gasteiger partial charge < -0.3 is 15.3 Å². The molecule has 0 amide bonds. The average Bonchev–Trinajstić information content (AvgIpc) is 3.15. The quantitative estimate of drug-likeness (QED) is 0.566. The van der Waals surface area contributed by atoms with E-state index in [0.717, 1.165) is 38.3 Å². The molecule has 0 heterocycles. The number of rotatable bonds is 11. The van der Waals surface area contributed by atoms with Crippen LogP contribution in [0.3, 0.4) is 0 Å². The van der Waals surface area contributed by atoms with E-state index in [1.807, 2.05) is 0 Å². The van der Waals surface area contributed by atoms with E-state index in [4.69, 9.17) is 0 Å². The third kappa shape index (κ3) is 6.39. The van der Waals surface area contributed by atoms with Gasteiger partial charge in [-0.05, 0) is 71.5 Å². The smallest absolute Gasteiger partial charge is 0.323 e. The van der Waals surface area contributed by atoms with Crippen molar-refractivity contribution >= 4 is 5.97 Å². The minimum atomic E-state index is -0.759. The van der Waals surface area contributed by atoms with Gasteiger partial charge in [0, 0.05) is 6.54 Å². The molecule has 0 aromatic heterocycles. The van der Waals surface area contributed by atoms with Crippen molar-refractivity contribution < 1.29 is 9.90 Å². The first-order chi connectivity index (χ1) is 8.98. The zero-order valence-corrected chi connectivity index (χ0v) is 12.7. The van der Waals surface area contributed by atoms with Gasteiger partial charge in [-0.1, -0.05) is 6.92 Å². The average molecular weight is 270 g/mol. The highest BCUT2D eigenvalue weighted by atomic mass is 16.4. The highest BCUT2D eigenvalue weighted by molar-refractivity contribution is 5.78. The lowest BCUT2D eigenvalue weighted by molar-refractivity contribution is -0.144. The van der Waals surface area contributed by atoms with Crippen LogP contribution in [0.4, 0.5) is 0 Å². The van der Waals surface area contributed by atoms with Crippen LogP contribution < -0.4 is 5.32 Å². The van der Waals surface area contributed by atoms with E-state index >= 15 is 0 Å². The Bertz CT molecular complexity index is 279. The maximum atomic E-state index is 11.3. The van der Waals surface area contributed by atoms with Crippen LogP contribution in [0.2, 0.25) is 0 Å². The Morgan fingerprint density at radius 3 is 2.63 bits per heavy atom. The van der Waals surface area contributed by atoms with E-state index in [1.54, 1.807) is 6.92 Å². The Labute approximate surface area is 117 Å². The highest BCUT2D eigenvalue weighted by Crippen LogP contribution is 2.29. The number of nitrogens with one attached hydrogen (secondary N) is 1. The zero-order chi connectivity index (χ0) is 14.3. The molecule has 4 heteroatoms. The van der Waals surface area contributed by atoms with Crippen LogP contribution >= 0.6 is 0 Å². The molecule has 1 aliphatic rings. The number of nitrogens with zero attached hydrogens (tertiary/aromatic N) is 1. The van der Waals surface area contributed by atoms with Gasteiger partial charge in [0.05, 0.1) is 0 Å². The van der Waals surface area contributed by atoms with E-state index in [9.17, 15) is 9.90 Å². The maximum absolute atomic E-state index is 11.3. The summed E-state index contributed by atoms with van der Waals surface area (Å²) in [6.45, 7) is 6.93. The van der Waals surface area contributed by atoms with Gasteiger partial charge in [-0.25, -0.2) is 0 Å². The fraction of sp³-hybridized carbons (Fsp3) is 0.933. The Kier molecular flexibility index (Phi) is 6.80. The van der Waals surface area contributed by atoms with Crippen molar-refractivity contribution in [2.75, 3.05) is 26.7 Å². The lowest BCUT2D eigenvalue weighted by Crippen LogP contribution is -2.49. The summed E-state index contributed by atoms with van der Waals surface area (Å²) in [6, 6.07) is 0. The first-order valence-corrected chi connectivity index (χ1v) is 7.65. The van der Waals surface area contributed by atoms with Gasteiger partial charge in [-0.2, -0.15) is 0 Å². The third-order valence-corrected chi connectivity index (χ3v) is 3.97. The zero-order valence-electron chi connectivity index (χ0n) is 12.7. The topological polar surface area (TPSA) is 52.6 Å². The standard InChI is InChI=1S/C15H30N2O2/c1-4-10-16-15(2,14(18)19)9-5-6-11-17(3)12-13-7-8-13/h13,16H,4-12H2,1-3H3,(H,18,19). The number of aliphatic carboxylic acids is 1. The van der Waals surface area contributed by atoms with E-state index in [-0.39, 0.29) is 0 Å². The summed E-state index contributed by atoms with van der Waals surface area (Å²) in [5.74, 6) is 0.202. The molecule has 1 saturated carbocycles. The fourth-order valence-electron chi connectivity index (χ4n) is 2.36. The van der Waals surface area contributed by atoms with Crippen molar-refractivity contribution in [1.29, 1.82) is 0 Å². The summed E-state index contributed by atoms with van der Waals surface area (Å²) in [5.41, 5.74) is -0.759. The monoisotopic (exact) mass is 270 g/mol. The number of carboxylic acids is 1. The van der Waals surface area contributed by atoms with E-state index in [1.165, 1.54) is 19.4 Å². The van der Waals surface area contributed by atoms with Gasteiger partial charge in [0.1, 0.15) is 5.54 Å². The second kappa shape index (κ2) is 7.85. The van der Waals surface area contributed by atoms with Crippen LogP contribution in [0.5, 0.6) is 0 Å². The minimum absolute atomic E-state index is 0.708. The molecule has 4 nitrogen and oxygen atoms in total. The molecule has 0 aliphatic heterocycles. The molecule has 19 heavy (non-hydrogen) atoms. The van der Waals surface area contributed by atoms with Crippen LogP contribution in [0.25, 0.3) is 0 Å². The first kappa shape index (κ1) is 16.4. The molecule has 1 unspecified atom stereocenters. The molecule has 112 valence electrons. The largest absolute Gasteiger partial charge is 0.480 e. The first-order valence-electron chi connectivity index (χ1n) is 7.65. The maximum Gasteiger partial charge on any atom is 0.323 e. The van der Waals surface area contributed by atoms with Crippen molar-refractivity contribution in [1.82, 2.24) is 10.2 Å². The second-order valence-corrected chi connectivity index (χ2v) is 6.23. The minimum Gasteiger partial charge on any atom is -0.480 e. The number of hydrogen-bond acceptors (Lipinski definition) is 3. The number of carbonyl (C=O) groups is 1. The Hall–Kier alpha value is -0.610. The van der Waals surface area contributed by atoms with Crippen molar-refractivity contribution in [3.05, 3.63) is 0 Å². The van der Waals surface area contributed by atoms with E-state index in [0.29, 0.717) is 6.42 Å². The van der Waals surface area contributed by atoms with Gasteiger partial charge in [0.25, 0.3) is 0 Å². The molecule has 1 rings (SSSR count). The molecule has 0 aromatic carbocycles. The molecular formula is C15H30N2O2. The van der Waals surface area contributed by atoms with Gasteiger partial charge in [0.15, 0.2) is 0 Å². The molecule has 1 fully saturated rings. The predicted octanol–water partition coefficient (Wildman–Crippen LogP) is 2.34. The molecular weight excluding hydrogens is 240 g/mol. The van der Waals surface area contributed by atoms with Gasteiger partial charge in [-0.3, -0.25) is 4.79 Å². The van der Waals surface area contributed by atoms with Crippen LogP contribution in [-0.2, 0) is 4.79 Å². The molecule has 0 bridgehead atoms. The lowest BCUT2D eigenvalue weighted by Gasteiger charge is -2.26. The fourth-order valence-corrected chi connectivity index (χ4v) is 2.36. The molecule has 1 aliphatic carbocycles. The molecule has 1 atom stereocenters. The Balaban J connectivity index is 2.17.